The second-order valence-corrected chi connectivity index (χ2v) is 5.04. The fourth-order valence-corrected chi connectivity index (χ4v) is 1.78. The molecule has 1 rings (SSSR count). The molecule has 1 heterocycles. The molecule has 1 aliphatic heterocycles. The standard InChI is InChI=1S/C11H24N2/c1-5-11(3,4)9-13-7-6-12-8-10(13)2/h10,12H,5-9H2,1-4H3/t10-/m1/s1. The van der Waals surface area contributed by atoms with Crippen LogP contribution in [-0.4, -0.2) is 37.1 Å². The summed E-state index contributed by atoms with van der Waals surface area (Å²) in [6.45, 7) is 14.1. The highest BCUT2D eigenvalue weighted by Crippen LogP contribution is 2.22. The van der Waals surface area contributed by atoms with Gasteiger partial charge in [-0.2, -0.15) is 0 Å². The first kappa shape index (κ1) is 11.0. The summed E-state index contributed by atoms with van der Waals surface area (Å²) in [7, 11) is 0. The third-order valence-corrected chi connectivity index (χ3v) is 3.23. The molecule has 2 heteroatoms. The first-order valence-electron chi connectivity index (χ1n) is 5.50. The average molecular weight is 184 g/mol. The van der Waals surface area contributed by atoms with E-state index in [1.807, 2.05) is 0 Å². The minimum atomic E-state index is 0.478. The van der Waals surface area contributed by atoms with Crippen molar-refractivity contribution in [1.29, 1.82) is 0 Å². The number of piperazine rings is 1. The lowest BCUT2D eigenvalue weighted by molar-refractivity contribution is 0.112. The zero-order valence-corrected chi connectivity index (χ0v) is 9.56. The second-order valence-electron chi connectivity index (χ2n) is 5.04. The van der Waals surface area contributed by atoms with Crippen LogP contribution in [0.25, 0.3) is 0 Å². The Bertz CT molecular complexity index is 154. The first-order chi connectivity index (χ1) is 6.05. The van der Waals surface area contributed by atoms with E-state index in [0.717, 1.165) is 13.1 Å². The van der Waals surface area contributed by atoms with Gasteiger partial charge in [-0.3, -0.25) is 4.90 Å². The Kier molecular flexibility index (Phi) is 3.74. The molecular formula is C11H24N2. The maximum absolute atomic E-state index is 3.43. The fourth-order valence-electron chi connectivity index (χ4n) is 1.78. The Morgan fingerprint density at radius 2 is 2.15 bits per heavy atom. The van der Waals surface area contributed by atoms with E-state index in [1.165, 1.54) is 19.5 Å². The van der Waals surface area contributed by atoms with Crippen LogP contribution in [0.3, 0.4) is 0 Å². The van der Waals surface area contributed by atoms with Crippen LogP contribution in [0.5, 0.6) is 0 Å². The monoisotopic (exact) mass is 184 g/mol. The lowest BCUT2D eigenvalue weighted by Gasteiger charge is -2.39. The van der Waals surface area contributed by atoms with Gasteiger partial charge in [0, 0.05) is 32.2 Å². The summed E-state index contributed by atoms with van der Waals surface area (Å²) in [5.74, 6) is 0. The van der Waals surface area contributed by atoms with Crippen molar-refractivity contribution in [2.75, 3.05) is 26.2 Å². The molecule has 78 valence electrons. The molecule has 0 aromatic carbocycles. The van der Waals surface area contributed by atoms with Crippen LogP contribution in [0, 0.1) is 5.41 Å². The number of rotatable bonds is 3. The van der Waals surface area contributed by atoms with Gasteiger partial charge in [-0.05, 0) is 18.8 Å². The van der Waals surface area contributed by atoms with Crippen molar-refractivity contribution in [2.45, 2.75) is 40.2 Å². The van der Waals surface area contributed by atoms with E-state index in [0.29, 0.717) is 11.5 Å². The molecule has 13 heavy (non-hydrogen) atoms. The molecule has 0 saturated carbocycles. The third-order valence-electron chi connectivity index (χ3n) is 3.23. The van der Waals surface area contributed by atoms with Crippen LogP contribution in [0.15, 0.2) is 0 Å². The Morgan fingerprint density at radius 1 is 1.46 bits per heavy atom. The largest absolute Gasteiger partial charge is 0.314 e. The van der Waals surface area contributed by atoms with E-state index in [9.17, 15) is 0 Å². The maximum Gasteiger partial charge on any atom is 0.0193 e. The Morgan fingerprint density at radius 3 is 2.69 bits per heavy atom. The Labute approximate surface area is 82.7 Å². The Balaban J connectivity index is 2.42. The predicted octanol–water partition coefficient (Wildman–Crippen LogP) is 1.72. The molecule has 1 saturated heterocycles. The molecule has 0 radical (unpaired) electrons. The quantitative estimate of drug-likeness (QED) is 0.718. The lowest BCUT2D eigenvalue weighted by Crippen LogP contribution is -2.52. The van der Waals surface area contributed by atoms with Gasteiger partial charge in [-0.25, -0.2) is 0 Å². The molecule has 1 N–H and O–H groups in total. The van der Waals surface area contributed by atoms with Crippen molar-refractivity contribution in [3.05, 3.63) is 0 Å². The first-order valence-corrected chi connectivity index (χ1v) is 5.50. The summed E-state index contributed by atoms with van der Waals surface area (Å²) < 4.78 is 0. The summed E-state index contributed by atoms with van der Waals surface area (Å²) in [6.07, 6.45) is 1.27. The zero-order chi connectivity index (χ0) is 9.90. The van der Waals surface area contributed by atoms with Crippen LogP contribution in [-0.2, 0) is 0 Å². The maximum atomic E-state index is 3.43. The normalized spacial score (nSPS) is 26.3. The number of hydrogen-bond acceptors (Lipinski definition) is 2. The van der Waals surface area contributed by atoms with E-state index >= 15 is 0 Å². The van der Waals surface area contributed by atoms with Gasteiger partial charge in [-0.15, -0.1) is 0 Å². The number of hydrogen-bond donors (Lipinski definition) is 1. The van der Waals surface area contributed by atoms with Gasteiger partial charge < -0.3 is 5.32 Å². The van der Waals surface area contributed by atoms with Crippen LogP contribution in [0.1, 0.15) is 34.1 Å². The molecule has 0 unspecified atom stereocenters. The van der Waals surface area contributed by atoms with Crippen LogP contribution >= 0.6 is 0 Å². The number of nitrogens with one attached hydrogen (secondary N) is 1. The fraction of sp³-hybridized carbons (Fsp3) is 1.00. The van der Waals surface area contributed by atoms with Crippen molar-refractivity contribution in [3.63, 3.8) is 0 Å². The van der Waals surface area contributed by atoms with Crippen molar-refractivity contribution in [1.82, 2.24) is 10.2 Å². The Hall–Kier alpha value is -0.0800. The second kappa shape index (κ2) is 4.43. The molecule has 0 bridgehead atoms. The smallest absolute Gasteiger partial charge is 0.0193 e. The van der Waals surface area contributed by atoms with Crippen molar-refractivity contribution >= 4 is 0 Å². The van der Waals surface area contributed by atoms with Crippen molar-refractivity contribution < 1.29 is 0 Å². The molecular weight excluding hydrogens is 160 g/mol. The predicted molar refractivity (Wildman–Crippen MR) is 58.0 cm³/mol. The minimum Gasteiger partial charge on any atom is -0.314 e. The number of nitrogens with zero attached hydrogens (tertiary/aromatic N) is 1. The molecule has 2 nitrogen and oxygen atoms in total. The van der Waals surface area contributed by atoms with Gasteiger partial charge in [0.05, 0.1) is 0 Å². The molecule has 0 aromatic rings. The topological polar surface area (TPSA) is 15.3 Å². The van der Waals surface area contributed by atoms with Gasteiger partial charge >= 0.3 is 0 Å². The average Bonchev–Trinajstić information content (AvgIpc) is 2.09. The van der Waals surface area contributed by atoms with Gasteiger partial charge in [-0.1, -0.05) is 20.8 Å². The minimum absolute atomic E-state index is 0.478. The highest BCUT2D eigenvalue weighted by atomic mass is 15.2. The van der Waals surface area contributed by atoms with E-state index in [-0.39, 0.29) is 0 Å². The van der Waals surface area contributed by atoms with E-state index < -0.39 is 0 Å². The molecule has 1 atom stereocenters. The van der Waals surface area contributed by atoms with Gasteiger partial charge in [0.1, 0.15) is 0 Å². The van der Waals surface area contributed by atoms with Crippen molar-refractivity contribution in [2.24, 2.45) is 5.41 Å². The van der Waals surface area contributed by atoms with Crippen LogP contribution < -0.4 is 5.32 Å². The van der Waals surface area contributed by atoms with E-state index in [2.05, 4.69) is 37.9 Å². The SMILES string of the molecule is CCC(C)(C)CN1CCNC[C@H]1C. The molecule has 0 spiro atoms. The van der Waals surface area contributed by atoms with Gasteiger partial charge in [0.25, 0.3) is 0 Å². The van der Waals surface area contributed by atoms with Crippen LogP contribution in [0.2, 0.25) is 0 Å². The summed E-state index contributed by atoms with van der Waals surface area (Å²) in [5.41, 5.74) is 0.478. The zero-order valence-electron chi connectivity index (χ0n) is 9.56. The van der Waals surface area contributed by atoms with Gasteiger partial charge in [0.15, 0.2) is 0 Å². The molecule has 0 aliphatic carbocycles. The molecule has 1 aliphatic rings. The molecule has 1 fully saturated rings. The highest BCUT2D eigenvalue weighted by Gasteiger charge is 2.24. The summed E-state index contributed by atoms with van der Waals surface area (Å²) >= 11 is 0. The van der Waals surface area contributed by atoms with Crippen molar-refractivity contribution in [3.8, 4) is 0 Å². The third kappa shape index (κ3) is 3.28. The molecule has 0 aromatic heterocycles. The summed E-state index contributed by atoms with van der Waals surface area (Å²) in [6, 6.07) is 0.708. The highest BCUT2D eigenvalue weighted by molar-refractivity contribution is 4.80. The summed E-state index contributed by atoms with van der Waals surface area (Å²) in [4.78, 5) is 2.61. The molecule has 0 amide bonds. The van der Waals surface area contributed by atoms with E-state index in [1.54, 1.807) is 0 Å². The van der Waals surface area contributed by atoms with Crippen LogP contribution in [0.4, 0.5) is 0 Å². The summed E-state index contributed by atoms with van der Waals surface area (Å²) in [5, 5.41) is 3.43. The lowest BCUT2D eigenvalue weighted by atomic mass is 9.89. The van der Waals surface area contributed by atoms with Gasteiger partial charge in [0.2, 0.25) is 0 Å². The van der Waals surface area contributed by atoms with E-state index in [4.69, 9.17) is 0 Å².